The zero-order valence-electron chi connectivity index (χ0n) is 17.7. The molecule has 2 aromatic carbocycles. The van der Waals surface area contributed by atoms with Crippen molar-refractivity contribution in [3.63, 3.8) is 0 Å². The van der Waals surface area contributed by atoms with Crippen LogP contribution in [0.3, 0.4) is 0 Å². The summed E-state index contributed by atoms with van der Waals surface area (Å²) in [5.74, 6) is 1.42. The summed E-state index contributed by atoms with van der Waals surface area (Å²) < 4.78 is 1.63. The van der Waals surface area contributed by atoms with E-state index in [0.717, 1.165) is 30.8 Å². The number of amides is 1. The summed E-state index contributed by atoms with van der Waals surface area (Å²) in [6.07, 6.45) is 1.16. The largest absolute Gasteiger partial charge is 0.341 e. The standard InChI is InChI=1S/C24H27N3O2S/c1-16-8-10-19(11-9-16)27-23(29)20-6-4-5-7-21(20)25-24(27)30-15-22(28)26-13-17(2)12-18(3)14-26/h4-11,17-18H,12-15H2,1-3H3/t17-,18-/m0/s1. The normalized spacial score (nSPS) is 19.2. The van der Waals surface area contributed by atoms with E-state index in [0.29, 0.717) is 27.9 Å². The van der Waals surface area contributed by atoms with Gasteiger partial charge in [0.15, 0.2) is 5.16 Å². The fraction of sp³-hybridized carbons (Fsp3) is 0.375. The highest BCUT2D eigenvalue weighted by Crippen LogP contribution is 2.25. The minimum Gasteiger partial charge on any atom is -0.341 e. The van der Waals surface area contributed by atoms with Crippen LogP contribution in [0.5, 0.6) is 0 Å². The summed E-state index contributed by atoms with van der Waals surface area (Å²) in [5.41, 5.74) is 2.43. The molecule has 2 atom stereocenters. The van der Waals surface area contributed by atoms with E-state index in [2.05, 4.69) is 13.8 Å². The number of carbonyl (C=O) groups excluding carboxylic acids is 1. The Morgan fingerprint density at radius 3 is 2.43 bits per heavy atom. The Kier molecular flexibility index (Phi) is 5.95. The van der Waals surface area contributed by atoms with Crippen LogP contribution in [0.4, 0.5) is 0 Å². The van der Waals surface area contributed by atoms with Crippen molar-refractivity contribution in [3.05, 3.63) is 64.4 Å². The van der Waals surface area contributed by atoms with Crippen molar-refractivity contribution in [3.8, 4) is 5.69 Å². The molecule has 1 fully saturated rings. The molecule has 0 aliphatic carbocycles. The van der Waals surface area contributed by atoms with Gasteiger partial charge in [0.05, 0.1) is 22.3 Å². The molecule has 1 aliphatic heterocycles. The number of likely N-dealkylation sites (tertiary alicyclic amines) is 1. The molecular formula is C24H27N3O2S. The maximum atomic E-state index is 13.3. The molecule has 156 valence electrons. The number of carbonyl (C=O) groups is 1. The molecule has 0 saturated carbocycles. The van der Waals surface area contributed by atoms with E-state index in [1.807, 2.05) is 54.3 Å². The predicted molar refractivity (Wildman–Crippen MR) is 122 cm³/mol. The number of thioether (sulfide) groups is 1. The van der Waals surface area contributed by atoms with Gasteiger partial charge < -0.3 is 4.90 Å². The smallest absolute Gasteiger partial charge is 0.266 e. The maximum Gasteiger partial charge on any atom is 0.266 e. The van der Waals surface area contributed by atoms with Gasteiger partial charge in [-0.05, 0) is 49.4 Å². The third-order valence-corrected chi connectivity index (χ3v) is 6.51. The zero-order valence-corrected chi connectivity index (χ0v) is 18.5. The van der Waals surface area contributed by atoms with Crippen LogP contribution < -0.4 is 5.56 Å². The first-order valence-corrected chi connectivity index (χ1v) is 11.4. The van der Waals surface area contributed by atoms with Crippen molar-refractivity contribution in [1.29, 1.82) is 0 Å². The SMILES string of the molecule is Cc1ccc(-n2c(SCC(=O)N3C[C@@H](C)C[C@H](C)C3)nc3ccccc3c2=O)cc1. The van der Waals surface area contributed by atoms with E-state index in [-0.39, 0.29) is 17.2 Å². The lowest BCUT2D eigenvalue weighted by molar-refractivity contribution is -0.130. The number of aromatic nitrogens is 2. The average molecular weight is 422 g/mol. The molecule has 0 radical (unpaired) electrons. The summed E-state index contributed by atoms with van der Waals surface area (Å²) in [7, 11) is 0. The van der Waals surface area contributed by atoms with Gasteiger partial charge in [-0.15, -0.1) is 0 Å². The van der Waals surface area contributed by atoms with Crippen LogP contribution in [0.25, 0.3) is 16.6 Å². The molecule has 1 aromatic heterocycles. The Balaban J connectivity index is 1.67. The fourth-order valence-electron chi connectivity index (χ4n) is 4.21. The van der Waals surface area contributed by atoms with Gasteiger partial charge in [-0.1, -0.05) is 55.4 Å². The fourth-order valence-corrected chi connectivity index (χ4v) is 5.13. The molecule has 0 N–H and O–H groups in total. The highest BCUT2D eigenvalue weighted by Gasteiger charge is 2.26. The lowest BCUT2D eigenvalue weighted by Crippen LogP contribution is -2.43. The van der Waals surface area contributed by atoms with E-state index in [1.165, 1.54) is 11.8 Å². The van der Waals surface area contributed by atoms with Crippen LogP contribution in [0.15, 0.2) is 58.5 Å². The first kappa shape index (κ1) is 20.7. The number of nitrogens with zero attached hydrogens (tertiary/aromatic N) is 3. The molecular weight excluding hydrogens is 394 g/mol. The van der Waals surface area contributed by atoms with Crippen LogP contribution in [0, 0.1) is 18.8 Å². The Bertz CT molecular complexity index is 1110. The predicted octanol–water partition coefficient (Wildman–Crippen LogP) is 4.29. The Morgan fingerprint density at radius 2 is 1.73 bits per heavy atom. The van der Waals surface area contributed by atoms with E-state index in [1.54, 1.807) is 10.6 Å². The van der Waals surface area contributed by atoms with Crippen LogP contribution in [-0.2, 0) is 4.79 Å². The van der Waals surface area contributed by atoms with Gasteiger partial charge in [-0.25, -0.2) is 4.98 Å². The summed E-state index contributed by atoms with van der Waals surface area (Å²) in [6, 6.07) is 15.2. The molecule has 0 unspecified atom stereocenters. The van der Waals surface area contributed by atoms with Crippen LogP contribution in [0.1, 0.15) is 25.8 Å². The summed E-state index contributed by atoms with van der Waals surface area (Å²) in [4.78, 5) is 32.9. The summed E-state index contributed by atoms with van der Waals surface area (Å²) in [5, 5.41) is 1.13. The first-order chi connectivity index (χ1) is 14.4. The molecule has 3 aromatic rings. The van der Waals surface area contributed by atoms with E-state index >= 15 is 0 Å². The lowest BCUT2D eigenvalue weighted by atomic mass is 9.92. The topological polar surface area (TPSA) is 55.2 Å². The number of piperidine rings is 1. The number of benzene rings is 2. The summed E-state index contributed by atoms with van der Waals surface area (Å²) in [6.45, 7) is 8.02. The highest BCUT2D eigenvalue weighted by molar-refractivity contribution is 7.99. The molecule has 6 heteroatoms. The van der Waals surface area contributed by atoms with Gasteiger partial charge in [0, 0.05) is 13.1 Å². The highest BCUT2D eigenvalue weighted by atomic mass is 32.2. The second-order valence-electron chi connectivity index (χ2n) is 8.42. The van der Waals surface area contributed by atoms with Crippen LogP contribution >= 0.6 is 11.8 Å². The number of rotatable bonds is 4. The van der Waals surface area contributed by atoms with Crippen LogP contribution in [-0.4, -0.2) is 39.2 Å². The number of fused-ring (bicyclic) bond motifs is 1. The van der Waals surface area contributed by atoms with Crippen molar-refractivity contribution in [2.45, 2.75) is 32.3 Å². The van der Waals surface area contributed by atoms with Crippen LogP contribution in [0.2, 0.25) is 0 Å². The van der Waals surface area contributed by atoms with E-state index in [4.69, 9.17) is 4.98 Å². The molecule has 0 bridgehead atoms. The second-order valence-corrected chi connectivity index (χ2v) is 9.36. The van der Waals surface area contributed by atoms with Crippen molar-refractivity contribution in [2.75, 3.05) is 18.8 Å². The van der Waals surface area contributed by atoms with E-state index < -0.39 is 0 Å². The second kappa shape index (κ2) is 8.64. The van der Waals surface area contributed by atoms with Gasteiger partial charge in [0.1, 0.15) is 0 Å². The van der Waals surface area contributed by atoms with Gasteiger partial charge in [-0.3, -0.25) is 14.2 Å². The molecule has 30 heavy (non-hydrogen) atoms. The monoisotopic (exact) mass is 421 g/mol. The minimum absolute atomic E-state index is 0.108. The van der Waals surface area contributed by atoms with Gasteiger partial charge in [0.25, 0.3) is 5.56 Å². The van der Waals surface area contributed by atoms with Crippen molar-refractivity contribution in [2.24, 2.45) is 11.8 Å². The molecule has 1 aliphatic rings. The maximum absolute atomic E-state index is 13.3. The Labute approximate surface area is 181 Å². The minimum atomic E-state index is -0.111. The average Bonchev–Trinajstić information content (AvgIpc) is 2.72. The molecule has 1 amide bonds. The van der Waals surface area contributed by atoms with Gasteiger partial charge >= 0.3 is 0 Å². The third-order valence-electron chi connectivity index (χ3n) is 5.58. The van der Waals surface area contributed by atoms with Crippen molar-refractivity contribution >= 4 is 28.6 Å². The number of para-hydroxylation sites is 1. The zero-order chi connectivity index (χ0) is 21.3. The molecule has 4 rings (SSSR count). The van der Waals surface area contributed by atoms with Crippen molar-refractivity contribution < 1.29 is 4.79 Å². The molecule has 0 spiro atoms. The summed E-state index contributed by atoms with van der Waals surface area (Å²) >= 11 is 1.34. The third kappa shape index (κ3) is 4.29. The van der Waals surface area contributed by atoms with Crippen molar-refractivity contribution in [1.82, 2.24) is 14.5 Å². The van der Waals surface area contributed by atoms with Gasteiger partial charge in [0.2, 0.25) is 5.91 Å². The molecule has 1 saturated heterocycles. The number of hydrogen-bond acceptors (Lipinski definition) is 4. The molecule has 2 heterocycles. The van der Waals surface area contributed by atoms with E-state index in [9.17, 15) is 9.59 Å². The number of aryl methyl sites for hydroxylation is 1. The Morgan fingerprint density at radius 1 is 1.07 bits per heavy atom. The quantitative estimate of drug-likeness (QED) is 0.466. The Hall–Kier alpha value is -2.60. The first-order valence-electron chi connectivity index (χ1n) is 10.4. The lowest BCUT2D eigenvalue weighted by Gasteiger charge is -2.35. The molecule has 5 nitrogen and oxygen atoms in total. The number of hydrogen-bond donors (Lipinski definition) is 0. The van der Waals surface area contributed by atoms with Gasteiger partial charge in [-0.2, -0.15) is 0 Å².